The number of rotatable bonds is 10. The highest BCUT2D eigenvalue weighted by molar-refractivity contribution is 5.00. The molecule has 0 radical (unpaired) electrons. The van der Waals surface area contributed by atoms with E-state index in [2.05, 4.69) is 12.2 Å². The van der Waals surface area contributed by atoms with E-state index in [4.69, 9.17) is 9.84 Å². The number of ether oxygens (including phenoxy) is 1. The summed E-state index contributed by atoms with van der Waals surface area (Å²) in [6, 6.07) is 0. The molecule has 2 heterocycles. The van der Waals surface area contributed by atoms with Crippen molar-refractivity contribution in [2.24, 2.45) is 17.8 Å². The van der Waals surface area contributed by atoms with Crippen LogP contribution in [0, 0.1) is 17.8 Å². The molecule has 25 heavy (non-hydrogen) atoms. The molecule has 2 aliphatic heterocycles. The van der Waals surface area contributed by atoms with E-state index in [1.54, 1.807) is 0 Å². The Morgan fingerprint density at radius 3 is 2.44 bits per heavy atom. The lowest BCUT2D eigenvalue weighted by Crippen LogP contribution is -2.29. The van der Waals surface area contributed by atoms with Crippen molar-refractivity contribution >= 4 is 0 Å². The maximum Gasteiger partial charge on any atom is 0.0614 e. The fourth-order valence-electron chi connectivity index (χ4n) is 5.46. The third-order valence-electron chi connectivity index (χ3n) is 6.93. The lowest BCUT2D eigenvalue weighted by atomic mass is 9.74. The molecule has 1 saturated carbocycles. The Bertz CT molecular complexity index is 402. The number of hydrogen-bond donors (Lipinski definition) is 2. The Hall–Kier alpha value is -0.380. The Morgan fingerprint density at radius 1 is 0.920 bits per heavy atom. The van der Waals surface area contributed by atoms with Gasteiger partial charge in [0.1, 0.15) is 0 Å². The first kappa shape index (κ1) is 19.4. The lowest BCUT2D eigenvalue weighted by Gasteiger charge is -2.31. The van der Waals surface area contributed by atoms with E-state index in [-0.39, 0.29) is 6.10 Å². The SMILES string of the molecule is OCCCCC=CC[C@H]1[C@@H](CCC(O)C2CCCCC2)[C@H]2CC[C@@H]1O2. The first-order valence-corrected chi connectivity index (χ1v) is 10.9. The monoisotopic (exact) mass is 350 g/mol. The van der Waals surface area contributed by atoms with Crippen LogP contribution >= 0.6 is 0 Å². The lowest BCUT2D eigenvalue weighted by molar-refractivity contribution is 0.0607. The summed E-state index contributed by atoms with van der Waals surface area (Å²) < 4.78 is 6.22. The molecule has 0 aromatic heterocycles. The Labute approximate surface area is 153 Å². The normalized spacial score (nSPS) is 34.2. The smallest absolute Gasteiger partial charge is 0.0614 e. The van der Waals surface area contributed by atoms with Crippen LogP contribution in [-0.2, 0) is 4.74 Å². The van der Waals surface area contributed by atoms with E-state index >= 15 is 0 Å². The minimum atomic E-state index is -0.0888. The van der Waals surface area contributed by atoms with Gasteiger partial charge < -0.3 is 14.9 Å². The summed E-state index contributed by atoms with van der Waals surface area (Å²) >= 11 is 0. The predicted molar refractivity (Wildman–Crippen MR) is 101 cm³/mol. The van der Waals surface area contributed by atoms with Gasteiger partial charge in [-0.1, -0.05) is 31.4 Å². The molecule has 3 heteroatoms. The summed E-state index contributed by atoms with van der Waals surface area (Å²) in [6.45, 7) is 0.305. The number of aliphatic hydroxyl groups is 2. The van der Waals surface area contributed by atoms with E-state index < -0.39 is 0 Å². The first-order valence-electron chi connectivity index (χ1n) is 10.9. The second kappa shape index (κ2) is 10.1. The molecule has 3 rings (SSSR count). The zero-order valence-electron chi connectivity index (χ0n) is 15.8. The summed E-state index contributed by atoms with van der Waals surface area (Å²) in [5.74, 6) is 1.86. The Kier molecular flexibility index (Phi) is 7.82. The maximum absolute atomic E-state index is 10.6. The molecule has 5 atom stereocenters. The van der Waals surface area contributed by atoms with Gasteiger partial charge in [0.05, 0.1) is 18.3 Å². The highest BCUT2D eigenvalue weighted by Gasteiger charge is 2.47. The molecule has 0 aromatic rings. The van der Waals surface area contributed by atoms with Crippen molar-refractivity contribution < 1.29 is 14.9 Å². The van der Waals surface area contributed by atoms with Crippen LogP contribution in [0.1, 0.15) is 83.5 Å². The molecule has 0 spiro atoms. The van der Waals surface area contributed by atoms with Crippen molar-refractivity contribution in [3.63, 3.8) is 0 Å². The van der Waals surface area contributed by atoms with Gasteiger partial charge in [0.2, 0.25) is 0 Å². The molecule has 0 amide bonds. The molecule has 144 valence electrons. The van der Waals surface area contributed by atoms with E-state index in [0.29, 0.717) is 36.6 Å². The van der Waals surface area contributed by atoms with E-state index in [1.165, 1.54) is 44.9 Å². The number of fused-ring (bicyclic) bond motifs is 2. The van der Waals surface area contributed by atoms with Crippen LogP contribution in [0.4, 0.5) is 0 Å². The van der Waals surface area contributed by atoms with Crippen LogP contribution in [0.25, 0.3) is 0 Å². The quantitative estimate of drug-likeness (QED) is 0.447. The molecule has 3 nitrogen and oxygen atoms in total. The van der Waals surface area contributed by atoms with Crippen molar-refractivity contribution in [1.29, 1.82) is 0 Å². The largest absolute Gasteiger partial charge is 0.396 e. The zero-order valence-corrected chi connectivity index (χ0v) is 15.8. The first-order chi connectivity index (χ1) is 12.3. The average Bonchev–Trinajstić information content (AvgIpc) is 3.25. The van der Waals surface area contributed by atoms with Crippen LogP contribution in [-0.4, -0.2) is 35.1 Å². The van der Waals surface area contributed by atoms with Crippen molar-refractivity contribution in [2.75, 3.05) is 6.61 Å². The number of hydrogen-bond acceptors (Lipinski definition) is 3. The van der Waals surface area contributed by atoms with Crippen LogP contribution < -0.4 is 0 Å². The van der Waals surface area contributed by atoms with Gasteiger partial charge in [0, 0.05) is 6.61 Å². The molecule has 2 saturated heterocycles. The molecule has 1 unspecified atom stereocenters. The van der Waals surface area contributed by atoms with Crippen LogP contribution in [0.3, 0.4) is 0 Å². The molecule has 0 aromatic carbocycles. The van der Waals surface area contributed by atoms with Crippen LogP contribution in [0.5, 0.6) is 0 Å². The fraction of sp³-hybridized carbons (Fsp3) is 0.909. The molecular weight excluding hydrogens is 312 g/mol. The fourth-order valence-corrected chi connectivity index (χ4v) is 5.46. The molecular formula is C22H38O3. The third-order valence-corrected chi connectivity index (χ3v) is 6.93. The summed E-state index contributed by atoms with van der Waals surface area (Å²) in [7, 11) is 0. The summed E-state index contributed by atoms with van der Waals surface area (Å²) in [5, 5.41) is 19.5. The molecule has 2 N–H and O–H groups in total. The van der Waals surface area contributed by atoms with E-state index in [9.17, 15) is 5.11 Å². The van der Waals surface area contributed by atoms with Crippen molar-refractivity contribution in [2.45, 2.75) is 102 Å². The van der Waals surface area contributed by atoms with Gasteiger partial charge in [0.15, 0.2) is 0 Å². The van der Waals surface area contributed by atoms with Gasteiger partial charge in [-0.3, -0.25) is 0 Å². The third kappa shape index (κ3) is 5.30. The second-order valence-electron chi connectivity index (χ2n) is 8.59. The summed E-state index contributed by atoms with van der Waals surface area (Å²) in [6.07, 6.45) is 20.7. The van der Waals surface area contributed by atoms with Crippen molar-refractivity contribution in [1.82, 2.24) is 0 Å². The molecule has 1 aliphatic carbocycles. The second-order valence-corrected chi connectivity index (χ2v) is 8.59. The highest BCUT2D eigenvalue weighted by atomic mass is 16.5. The Balaban J connectivity index is 1.43. The highest BCUT2D eigenvalue weighted by Crippen LogP contribution is 2.47. The van der Waals surface area contributed by atoms with Crippen molar-refractivity contribution in [3.8, 4) is 0 Å². The molecule has 2 bridgehead atoms. The average molecular weight is 351 g/mol. The van der Waals surface area contributed by atoms with E-state index in [1.807, 2.05) is 0 Å². The zero-order chi connectivity index (χ0) is 17.5. The number of allylic oxidation sites excluding steroid dienone is 2. The number of unbranched alkanes of at least 4 members (excludes halogenated alkanes) is 2. The molecule has 3 fully saturated rings. The minimum absolute atomic E-state index is 0.0888. The predicted octanol–water partition coefficient (Wildman–Crippen LogP) is 4.61. The summed E-state index contributed by atoms with van der Waals surface area (Å²) in [5.41, 5.74) is 0. The van der Waals surface area contributed by atoms with Crippen molar-refractivity contribution in [3.05, 3.63) is 12.2 Å². The number of aliphatic hydroxyl groups excluding tert-OH is 2. The van der Waals surface area contributed by atoms with Gasteiger partial charge in [0.25, 0.3) is 0 Å². The van der Waals surface area contributed by atoms with Crippen LogP contribution in [0.15, 0.2) is 12.2 Å². The van der Waals surface area contributed by atoms with E-state index in [0.717, 1.165) is 38.5 Å². The van der Waals surface area contributed by atoms with Gasteiger partial charge in [-0.05, 0) is 82.0 Å². The van der Waals surface area contributed by atoms with Crippen LogP contribution in [0.2, 0.25) is 0 Å². The maximum atomic E-state index is 10.6. The topological polar surface area (TPSA) is 49.7 Å². The van der Waals surface area contributed by atoms with Gasteiger partial charge in [-0.15, -0.1) is 0 Å². The van der Waals surface area contributed by atoms with Gasteiger partial charge in [-0.25, -0.2) is 0 Å². The Morgan fingerprint density at radius 2 is 1.68 bits per heavy atom. The van der Waals surface area contributed by atoms with Gasteiger partial charge >= 0.3 is 0 Å². The minimum Gasteiger partial charge on any atom is -0.396 e. The standard InChI is InChI=1S/C22H38O3/c23-16-8-3-1-2-7-11-18-19(22-15-14-21(18)25-22)12-13-20(24)17-9-5-4-6-10-17/h2,7,17-24H,1,3-6,8-16H2/t18-,19+,20?,21-,22+/m0/s1. The molecule has 3 aliphatic rings. The summed E-state index contributed by atoms with van der Waals surface area (Å²) in [4.78, 5) is 0. The van der Waals surface area contributed by atoms with Gasteiger partial charge in [-0.2, -0.15) is 0 Å².